The summed E-state index contributed by atoms with van der Waals surface area (Å²) in [6, 6.07) is 4.67. The molecule has 2 fully saturated rings. The van der Waals surface area contributed by atoms with E-state index in [1.807, 2.05) is 4.90 Å². The van der Waals surface area contributed by atoms with Gasteiger partial charge in [0.15, 0.2) is 0 Å². The van der Waals surface area contributed by atoms with Gasteiger partial charge in [-0.25, -0.2) is 4.90 Å². The average Bonchev–Trinajstić information content (AvgIpc) is 2.89. The lowest BCUT2D eigenvalue weighted by Crippen LogP contribution is -2.46. The number of non-ortho nitro benzene ring substituents is 1. The summed E-state index contributed by atoms with van der Waals surface area (Å²) in [7, 11) is 0. The molecule has 2 aliphatic heterocycles. The van der Waals surface area contributed by atoms with Crippen LogP contribution in [-0.2, 0) is 14.4 Å². The van der Waals surface area contributed by atoms with Gasteiger partial charge < -0.3 is 5.11 Å². The Hall–Kier alpha value is -2.81. The average molecular weight is 347 g/mol. The number of hydrogen-bond donors (Lipinski definition) is 1. The van der Waals surface area contributed by atoms with Crippen LogP contribution in [0, 0.1) is 16.0 Å². The van der Waals surface area contributed by atoms with Gasteiger partial charge in [0, 0.05) is 12.1 Å². The predicted molar refractivity (Wildman–Crippen MR) is 85.9 cm³/mol. The van der Waals surface area contributed by atoms with Gasteiger partial charge in [-0.2, -0.15) is 0 Å². The van der Waals surface area contributed by atoms with E-state index in [2.05, 4.69) is 0 Å². The molecule has 1 aromatic rings. The third-order valence-corrected chi connectivity index (χ3v) is 4.76. The molecule has 2 saturated heterocycles. The minimum absolute atomic E-state index is 0.0353. The molecule has 2 aliphatic rings. The summed E-state index contributed by atoms with van der Waals surface area (Å²) in [5.74, 6) is -1.97. The first-order valence-corrected chi connectivity index (χ1v) is 7.96. The van der Waals surface area contributed by atoms with E-state index in [4.69, 9.17) is 5.11 Å². The summed E-state index contributed by atoms with van der Waals surface area (Å²) in [6.07, 6.45) is 0.934. The number of benzene rings is 1. The van der Waals surface area contributed by atoms with E-state index < -0.39 is 22.9 Å². The molecule has 132 valence electrons. The lowest BCUT2D eigenvalue weighted by Gasteiger charge is -2.33. The van der Waals surface area contributed by atoms with Gasteiger partial charge in [0.05, 0.1) is 29.0 Å². The second kappa shape index (κ2) is 6.60. The number of rotatable bonds is 4. The van der Waals surface area contributed by atoms with Gasteiger partial charge in [-0.1, -0.05) is 0 Å². The number of imide groups is 1. The van der Waals surface area contributed by atoms with Crippen molar-refractivity contribution in [2.45, 2.75) is 25.3 Å². The highest BCUT2D eigenvalue weighted by Gasteiger charge is 2.43. The van der Waals surface area contributed by atoms with Crippen molar-refractivity contribution < 1.29 is 24.4 Å². The number of aliphatic carboxylic acids is 1. The molecular formula is C16H17N3O6. The van der Waals surface area contributed by atoms with E-state index in [1.165, 1.54) is 24.3 Å². The molecule has 0 radical (unpaired) electrons. The molecule has 9 nitrogen and oxygen atoms in total. The minimum atomic E-state index is -0.832. The van der Waals surface area contributed by atoms with Crippen LogP contribution in [-0.4, -0.2) is 51.8 Å². The maximum Gasteiger partial charge on any atom is 0.306 e. The van der Waals surface area contributed by atoms with Crippen molar-refractivity contribution in [1.82, 2.24) is 4.90 Å². The van der Waals surface area contributed by atoms with Gasteiger partial charge in [0.2, 0.25) is 5.91 Å². The monoisotopic (exact) mass is 347 g/mol. The molecule has 0 aromatic heterocycles. The molecule has 0 unspecified atom stereocenters. The summed E-state index contributed by atoms with van der Waals surface area (Å²) in [5.41, 5.74) is 0.193. The lowest BCUT2D eigenvalue weighted by atomic mass is 9.96. The number of nitrogens with zero attached hydrogens (tertiary/aromatic N) is 3. The highest BCUT2D eigenvalue weighted by molar-refractivity contribution is 6.22. The first-order valence-electron chi connectivity index (χ1n) is 7.96. The number of carbonyl (C=O) groups excluding carboxylic acids is 2. The summed E-state index contributed by atoms with van der Waals surface area (Å²) in [5, 5.41) is 19.7. The van der Waals surface area contributed by atoms with E-state index in [0.29, 0.717) is 31.6 Å². The number of hydrogen-bond acceptors (Lipinski definition) is 6. The van der Waals surface area contributed by atoms with Crippen molar-refractivity contribution >= 4 is 29.2 Å². The summed E-state index contributed by atoms with van der Waals surface area (Å²) in [6.45, 7) is 0.906. The lowest BCUT2D eigenvalue weighted by molar-refractivity contribution is -0.384. The maximum atomic E-state index is 12.7. The van der Waals surface area contributed by atoms with Crippen LogP contribution in [0.5, 0.6) is 0 Å². The Morgan fingerprint density at radius 2 is 1.76 bits per heavy atom. The van der Waals surface area contributed by atoms with Crippen molar-refractivity contribution in [3.8, 4) is 0 Å². The number of carbonyl (C=O) groups is 3. The largest absolute Gasteiger partial charge is 0.481 e. The molecule has 1 N–H and O–H groups in total. The Morgan fingerprint density at radius 1 is 1.16 bits per heavy atom. The highest BCUT2D eigenvalue weighted by Crippen LogP contribution is 2.29. The fourth-order valence-corrected chi connectivity index (χ4v) is 3.35. The SMILES string of the molecule is O=C(O)C1CCN([C@H]2CC(=O)N(c3ccc([N+](=O)[O-])cc3)C2=O)CC1. The van der Waals surface area contributed by atoms with E-state index >= 15 is 0 Å². The molecule has 0 saturated carbocycles. The van der Waals surface area contributed by atoms with Gasteiger partial charge in [-0.15, -0.1) is 0 Å². The topological polar surface area (TPSA) is 121 Å². The molecule has 9 heteroatoms. The van der Waals surface area contributed by atoms with Crippen LogP contribution in [0.2, 0.25) is 0 Å². The summed E-state index contributed by atoms with van der Waals surface area (Å²) < 4.78 is 0. The second-order valence-electron chi connectivity index (χ2n) is 6.21. The van der Waals surface area contributed by atoms with Crippen molar-refractivity contribution in [3.63, 3.8) is 0 Å². The van der Waals surface area contributed by atoms with Crippen molar-refractivity contribution in [3.05, 3.63) is 34.4 Å². The molecule has 2 amide bonds. The number of nitro benzene ring substituents is 1. The van der Waals surface area contributed by atoms with E-state index in [1.54, 1.807) is 0 Å². The smallest absolute Gasteiger partial charge is 0.306 e. The summed E-state index contributed by atoms with van der Waals surface area (Å²) in [4.78, 5) is 49.0. The molecule has 25 heavy (non-hydrogen) atoms. The predicted octanol–water partition coefficient (Wildman–Crippen LogP) is 1.02. The third-order valence-electron chi connectivity index (χ3n) is 4.76. The first-order chi connectivity index (χ1) is 11.9. The zero-order chi connectivity index (χ0) is 18.1. The number of piperidine rings is 1. The van der Waals surface area contributed by atoms with Crippen LogP contribution in [0.4, 0.5) is 11.4 Å². The Balaban J connectivity index is 1.72. The molecule has 1 atom stereocenters. The Kier molecular flexibility index (Phi) is 4.49. The van der Waals surface area contributed by atoms with Crippen LogP contribution >= 0.6 is 0 Å². The molecule has 3 rings (SSSR count). The number of carboxylic acids is 1. The van der Waals surface area contributed by atoms with Crippen molar-refractivity contribution in [2.24, 2.45) is 5.92 Å². The first kappa shape index (κ1) is 17.0. The molecule has 0 bridgehead atoms. The number of likely N-dealkylation sites (tertiary alicyclic amines) is 1. The van der Waals surface area contributed by atoms with E-state index in [-0.39, 0.29) is 23.9 Å². The fraction of sp³-hybridized carbons (Fsp3) is 0.438. The van der Waals surface area contributed by atoms with Crippen LogP contribution in [0.3, 0.4) is 0 Å². The van der Waals surface area contributed by atoms with Crippen LogP contribution in [0.1, 0.15) is 19.3 Å². The van der Waals surface area contributed by atoms with Gasteiger partial charge >= 0.3 is 5.97 Å². The normalized spacial score (nSPS) is 22.4. The van der Waals surface area contributed by atoms with Gasteiger partial charge in [0.1, 0.15) is 0 Å². The Morgan fingerprint density at radius 3 is 2.28 bits per heavy atom. The second-order valence-corrected chi connectivity index (χ2v) is 6.21. The molecule has 1 aromatic carbocycles. The summed E-state index contributed by atoms with van der Waals surface area (Å²) >= 11 is 0. The Bertz CT molecular complexity index is 724. The van der Waals surface area contributed by atoms with Gasteiger partial charge in [-0.05, 0) is 38.1 Å². The quantitative estimate of drug-likeness (QED) is 0.490. The standard InChI is InChI=1S/C16H17N3O6/c20-14-9-13(17-7-5-10(6-8-17)16(22)23)15(21)18(14)11-1-3-12(4-2-11)19(24)25/h1-4,10,13H,5-9H2,(H,22,23)/t13-/m0/s1. The number of anilines is 1. The van der Waals surface area contributed by atoms with E-state index in [9.17, 15) is 24.5 Å². The van der Waals surface area contributed by atoms with Crippen molar-refractivity contribution in [1.29, 1.82) is 0 Å². The number of amides is 2. The molecule has 2 heterocycles. The van der Waals surface area contributed by atoms with Crippen LogP contribution < -0.4 is 4.90 Å². The highest BCUT2D eigenvalue weighted by atomic mass is 16.6. The van der Waals surface area contributed by atoms with Crippen molar-refractivity contribution in [2.75, 3.05) is 18.0 Å². The molecule has 0 spiro atoms. The zero-order valence-corrected chi connectivity index (χ0v) is 13.3. The van der Waals surface area contributed by atoms with Crippen LogP contribution in [0.15, 0.2) is 24.3 Å². The van der Waals surface area contributed by atoms with Gasteiger partial charge in [-0.3, -0.25) is 29.4 Å². The van der Waals surface area contributed by atoms with Crippen LogP contribution in [0.25, 0.3) is 0 Å². The number of nitro groups is 1. The fourth-order valence-electron chi connectivity index (χ4n) is 3.35. The maximum absolute atomic E-state index is 12.7. The van der Waals surface area contributed by atoms with E-state index in [0.717, 1.165) is 4.90 Å². The number of carboxylic acid groups (broad SMARTS) is 1. The molecular weight excluding hydrogens is 330 g/mol. The zero-order valence-electron chi connectivity index (χ0n) is 13.3. The Labute approximate surface area is 143 Å². The minimum Gasteiger partial charge on any atom is -0.481 e. The van der Waals surface area contributed by atoms with Gasteiger partial charge in [0.25, 0.3) is 11.6 Å². The molecule has 0 aliphatic carbocycles. The third kappa shape index (κ3) is 3.22.